The van der Waals surface area contributed by atoms with E-state index in [1.54, 1.807) is 0 Å². The zero-order chi connectivity index (χ0) is 17.6. The van der Waals surface area contributed by atoms with E-state index < -0.39 is 15.4 Å². The maximum absolute atomic E-state index is 11.3. The Morgan fingerprint density at radius 2 is 1.21 bits per heavy atom. The molecule has 6 heteroatoms. The van der Waals surface area contributed by atoms with E-state index in [4.69, 9.17) is 0 Å². The summed E-state index contributed by atoms with van der Waals surface area (Å²) in [4.78, 5) is 0. The third-order valence-corrected chi connectivity index (χ3v) is 5.76. The van der Waals surface area contributed by atoms with Crippen LogP contribution in [0.2, 0.25) is 0 Å². The maximum Gasteiger partial charge on any atom is 1.00 e. The Balaban J connectivity index is 0. The molecular weight excluding hydrogens is 335 g/mol. The minimum absolute atomic E-state index is 0. The number of rotatable bonds is 16. The summed E-state index contributed by atoms with van der Waals surface area (Å²) in [5, 5.41) is 8.94. The van der Waals surface area contributed by atoms with Gasteiger partial charge in [-0.2, -0.15) is 0 Å². The zero-order valence-corrected chi connectivity index (χ0v) is 19.0. The number of aliphatic hydroxyl groups is 1. The van der Waals surface area contributed by atoms with E-state index in [1.807, 2.05) is 0 Å². The molecule has 0 saturated carbocycles. The molecule has 2 atom stereocenters. The fraction of sp³-hybridized carbons (Fsp3) is 1.00. The second kappa shape index (κ2) is 17.3. The Morgan fingerprint density at radius 1 is 0.750 bits per heavy atom. The van der Waals surface area contributed by atoms with E-state index in [2.05, 4.69) is 13.8 Å². The first kappa shape index (κ1) is 27.1. The van der Waals surface area contributed by atoms with Crippen molar-refractivity contribution < 1.29 is 47.6 Å². The third-order valence-electron chi connectivity index (χ3n) is 4.47. The van der Waals surface area contributed by atoms with Crippen LogP contribution in [0.15, 0.2) is 0 Å². The van der Waals surface area contributed by atoms with Gasteiger partial charge in [-0.25, -0.2) is 8.42 Å². The largest absolute Gasteiger partial charge is 1.00 e. The molecular formula is C18H37NaO4S. The van der Waals surface area contributed by atoms with Crippen LogP contribution in [0, 0.1) is 0 Å². The quantitative estimate of drug-likeness (QED) is 0.254. The van der Waals surface area contributed by atoms with E-state index in [0.717, 1.165) is 77.0 Å². The topological polar surface area (TPSA) is 77.4 Å². The molecule has 0 radical (unpaired) electrons. The summed E-state index contributed by atoms with van der Waals surface area (Å²) in [7, 11) is -4.15. The molecule has 24 heavy (non-hydrogen) atoms. The molecule has 140 valence electrons. The van der Waals surface area contributed by atoms with E-state index in [-0.39, 0.29) is 35.7 Å². The summed E-state index contributed by atoms with van der Waals surface area (Å²) >= 11 is 0. The summed E-state index contributed by atoms with van der Waals surface area (Å²) in [5.74, 6) is 0. The molecule has 0 aliphatic rings. The predicted molar refractivity (Wildman–Crippen MR) is 95.5 cm³/mol. The molecule has 0 rings (SSSR count). The summed E-state index contributed by atoms with van der Waals surface area (Å²) in [6.45, 7) is 4.19. The molecule has 0 saturated heterocycles. The summed E-state index contributed by atoms with van der Waals surface area (Å²) < 4.78 is 33.9. The average molecular weight is 373 g/mol. The van der Waals surface area contributed by atoms with Crippen LogP contribution >= 0.6 is 0 Å². The molecule has 4 nitrogen and oxygen atoms in total. The van der Waals surface area contributed by atoms with Crippen LogP contribution in [-0.4, -0.2) is 29.4 Å². The van der Waals surface area contributed by atoms with Gasteiger partial charge >= 0.3 is 29.6 Å². The van der Waals surface area contributed by atoms with Crippen molar-refractivity contribution in [2.45, 2.75) is 115 Å². The van der Waals surface area contributed by atoms with Crippen molar-refractivity contribution in [3.05, 3.63) is 0 Å². The molecule has 2 unspecified atom stereocenters. The molecule has 0 bridgehead atoms. The van der Waals surface area contributed by atoms with E-state index in [1.165, 1.54) is 0 Å². The van der Waals surface area contributed by atoms with Crippen molar-refractivity contribution in [1.82, 2.24) is 0 Å². The van der Waals surface area contributed by atoms with Crippen molar-refractivity contribution in [2.24, 2.45) is 0 Å². The van der Waals surface area contributed by atoms with Crippen molar-refractivity contribution >= 4 is 10.1 Å². The first-order valence-electron chi connectivity index (χ1n) is 9.54. The molecule has 0 heterocycles. The monoisotopic (exact) mass is 372 g/mol. The normalized spacial score (nSPS) is 14.2. The van der Waals surface area contributed by atoms with Gasteiger partial charge in [0, 0.05) is 5.25 Å². The number of hydrogen-bond acceptors (Lipinski definition) is 4. The fourth-order valence-electron chi connectivity index (χ4n) is 2.99. The molecule has 0 aromatic rings. The second-order valence-electron chi connectivity index (χ2n) is 6.75. The summed E-state index contributed by atoms with van der Waals surface area (Å²) in [6.07, 6.45) is 12.7. The summed E-state index contributed by atoms with van der Waals surface area (Å²) in [5.41, 5.74) is 0. The van der Waals surface area contributed by atoms with E-state index in [9.17, 15) is 18.1 Å². The third kappa shape index (κ3) is 16.3. The Kier molecular flexibility index (Phi) is 19.5. The van der Waals surface area contributed by atoms with Crippen LogP contribution in [-0.2, 0) is 10.1 Å². The smallest absolute Gasteiger partial charge is 0.748 e. The Bertz CT molecular complexity index is 360. The molecule has 0 aliphatic carbocycles. The molecule has 0 fully saturated rings. The van der Waals surface area contributed by atoms with Gasteiger partial charge in [-0.1, -0.05) is 78.1 Å². The van der Waals surface area contributed by atoms with Crippen LogP contribution in [0.25, 0.3) is 0 Å². The maximum atomic E-state index is 11.3. The van der Waals surface area contributed by atoms with Gasteiger partial charge in [0.1, 0.15) is 0 Å². The number of hydrogen-bond donors (Lipinski definition) is 1. The van der Waals surface area contributed by atoms with Crippen LogP contribution in [0.5, 0.6) is 0 Å². The van der Waals surface area contributed by atoms with Crippen molar-refractivity contribution in [3.8, 4) is 0 Å². The zero-order valence-electron chi connectivity index (χ0n) is 16.1. The van der Waals surface area contributed by atoms with Gasteiger partial charge in [-0.15, -0.1) is 0 Å². The van der Waals surface area contributed by atoms with Gasteiger partial charge in [-0.3, -0.25) is 0 Å². The van der Waals surface area contributed by atoms with Crippen molar-refractivity contribution in [2.75, 3.05) is 0 Å². The van der Waals surface area contributed by atoms with Gasteiger partial charge in [-0.05, 0) is 25.7 Å². The van der Waals surface area contributed by atoms with Gasteiger partial charge < -0.3 is 9.66 Å². The van der Waals surface area contributed by atoms with Crippen LogP contribution in [0.3, 0.4) is 0 Å². The van der Waals surface area contributed by atoms with Crippen LogP contribution < -0.4 is 29.6 Å². The Hall–Kier alpha value is 0.870. The van der Waals surface area contributed by atoms with Crippen LogP contribution in [0.1, 0.15) is 104 Å². The Morgan fingerprint density at radius 3 is 1.67 bits per heavy atom. The predicted octanol–water partition coefficient (Wildman–Crippen LogP) is 1.77. The standard InChI is InChI=1S/C18H38O4S.Na/c1-3-5-6-11-15-18(23(20,21)22)16-12-9-7-8-10-14-17(19)13-4-2;/h17-19H,3-16H2,1-2H3,(H,20,21,22);/q;+1/p-1. The number of unbranched alkanes of at least 4 members (excludes halogenated alkanes) is 7. The molecule has 0 amide bonds. The molecule has 0 spiro atoms. The minimum atomic E-state index is -4.15. The van der Waals surface area contributed by atoms with Gasteiger partial charge in [0.15, 0.2) is 0 Å². The number of aliphatic hydroxyl groups excluding tert-OH is 1. The minimum Gasteiger partial charge on any atom is -0.748 e. The fourth-order valence-corrected chi connectivity index (χ4v) is 3.90. The molecule has 0 aromatic carbocycles. The summed E-state index contributed by atoms with van der Waals surface area (Å²) in [6, 6.07) is 0. The van der Waals surface area contributed by atoms with Crippen molar-refractivity contribution in [3.63, 3.8) is 0 Å². The van der Waals surface area contributed by atoms with Gasteiger partial charge in [0.2, 0.25) is 0 Å². The first-order chi connectivity index (χ1) is 10.9. The van der Waals surface area contributed by atoms with E-state index in [0.29, 0.717) is 12.8 Å². The molecule has 0 aromatic heterocycles. The van der Waals surface area contributed by atoms with E-state index >= 15 is 0 Å². The second-order valence-corrected chi connectivity index (χ2v) is 8.40. The SMILES string of the molecule is CCCCCCC(CCCCCCCC(O)CCC)S(=O)(=O)[O-].[Na+]. The van der Waals surface area contributed by atoms with Crippen LogP contribution in [0.4, 0.5) is 0 Å². The van der Waals surface area contributed by atoms with Crippen molar-refractivity contribution in [1.29, 1.82) is 0 Å². The van der Waals surface area contributed by atoms with Gasteiger partial charge in [0.25, 0.3) is 0 Å². The first-order valence-corrected chi connectivity index (χ1v) is 11.0. The average Bonchev–Trinajstić information content (AvgIpc) is 2.47. The van der Waals surface area contributed by atoms with Gasteiger partial charge in [0.05, 0.1) is 16.2 Å². The molecule has 0 aliphatic heterocycles. The Labute approximate surface area is 172 Å². The molecule has 1 N–H and O–H groups in total.